The number of hydrogen-bond donors (Lipinski definition) is 1. The van der Waals surface area contributed by atoms with Gasteiger partial charge in [0.1, 0.15) is 0 Å². The Morgan fingerprint density at radius 2 is 2.00 bits per heavy atom. The molecule has 0 saturated carbocycles. The summed E-state index contributed by atoms with van der Waals surface area (Å²) in [5, 5.41) is 0.724. The predicted octanol–water partition coefficient (Wildman–Crippen LogP) is 3.93. The molecule has 1 aromatic carbocycles. The van der Waals surface area contributed by atoms with Crippen LogP contribution in [-0.4, -0.2) is 0 Å². The second-order valence-corrected chi connectivity index (χ2v) is 5.85. The summed E-state index contributed by atoms with van der Waals surface area (Å²) in [6.07, 6.45) is 0. The van der Waals surface area contributed by atoms with Crippen LogP contribution in [0.5, 0.6) is 0 Å². The van der Waals surface area contributed by atoms with Gasteiger partial charge in [-0.15, -0.1) is 11.3 Å². The molecule has 1 nitrogen and oxygen atoms in total. The third kappa shape index (κ3) is 2.14. The van der Waals surface area contributed by atoms with Crippen molar-refractivity contribution in [1.29, 1.82) is 0 Å². The van der Waals surface area contributed by atoms with Crippen LogP contribution < -0.4 is 5.73 Å². The minimum Gasteiger partial charge on any atom is -0.317 e. The van der Waals surface area contributed by atoms with Crippen molar-refractivity contribution in [2.45, 2.75) is 19.4 Å². The van der Waals surface area contributed by atoms with E-state index in [9.17, 15) is 0 Å². The van der Waals surface area contributed by atoms with Gasteiger partial charge in [0.15, 0.2) is 0 Å². The summed E-state index contributed by atoms with van der Waals surface area (Å²) in [4.78, 5) is 2.43. The number of halogens is 1. The fourth-order valence-corrected chi connectivity index (χ4v) is 2.81. The second-order valence-electron chi connectivity index (χ2n) is 4.12. The Balaban J connectivity index is 2.46. The number of thiophene rings is 1. The average molecular weight is 252 g/mol. The van der Waals surface area contributed by atoms with Gasteiger partial charge < -0.3 is 5.73 Å². The number of nitrogens with two attached hydrogens (primary N) is 1. The molecule has 1 unspecified atom stereocenters. The van der Waals surface area contributed by atoms with Crippen molar-refractivity contribution < 1.29 is 0 Å². The summed E-state index contributed by atoms with van der Waals surface area (Å²) < 4.78 is 0. The van der Waals surface area contributed by atoms with E-state index in [4.69, 9.17) is 17.3 Å². The molecule has 0 aliphatic heterocycles. The number of benzene rings is 1. The Hall–Kier alpha value is -0.830. The van der Waals surface area contributed by atoms with Gasteiger partial charge in [0.25, 0.3) is 0 Å². The van der Waals surface area contributed by atoms with E-state index >= 15 is 0 Å². The maximum absolute atomic E-state index is 6.39. The van der Waals surface area contributed by atoms with Gasteiger partial charge >= 0.3 is 0 Å². The lowest BCUT2D eigenvalue weighted by Crippen LogP contribution is -2.33. The molecule has 3 heteroatoms. The highest BCUT2D eigenvalue weighted by atomic mass is 35.5. The molecule has 16 heavy (non-hydrogen) atoms. The summed E-state index contributed by atoms with van der Waals surface area (Å²) in [5.41, 5.74) is 6.97. The first-order valence-electron chi connectivity index (χ1n) is 5.12. The van der Waals surface area contributed by atoms with E-state index in [1.54, 1.807) is 11.3 Å². The fourth-order valence-electron chi connectivity index (χ4n) is 1.67. The van der Waals surface area contributed by atoms with Crippen LogP contribution in [0.3, 0.4) is 0 Å². The molecule has 2 aromatic rings. The SMILES string of the molecule is Cc1ccc(C(C)(N)c2cccc(Cl)c2)s1. The minimum absolute atomic E-state index is 0.468. The Kier molecular flexibility index (Phi) is 3.06. The van der Waals surface area contributed by atoms with E-state index < -0.39 is 5.54 Å². The molecule has 0 aliphatic rings. The monoisotopic (exact) mass is 251 g/mol. The topological polar surface area (TPSA) is 26.0 Å². The standard InChI is InChI=1S/C13H14ClNS/c1-9-6-7-12(16-9)13(2,15)10-4-3-5-11(14)8-10/h3-8H,15H2,1-2H3. The summed E-state index contributed by atoms with van der Waals surface area (Å²) in [5.74, 6) is 0. The number of rotatable bonds is 2. The molecule has 0 amide bonds. The Bertz CT molecular complexity index is 502. The zero-order valence-corrected chi connectivity index (χ0v) is 10.9. The highest BCUT2D eigenvalue weighted by Gasteiger charge is 2.25. The van der Waals surface area contributed by atoms with Crippen LogP contribution in [-0.2, 0) is 5.54 Å². The highest BCUT2D eigenvalue weighted by Crippen LogP contribution is 2.32. The minimum atomic E-state index is -0.468. The van der Waals surface area contributed by atoms with Crippen molar-refractivity contribution in [1.82, 2.24) is 0 Å². The normalized spacial score (nSPS) is 14.8. The summed E-state index contributed by atoms with van der Waals surface area (Å²) in [6.45, 7) is 4.10. The molecule has 84 valence electrons. The quantitative estimate of drug-likeness (QED) is 0.860. The molecule has 0 bridgehead atoms. The molecule has 1 aromatic heterocycles. The smallest absolute Gasteiger partial charge is 0.0731 e. The maximum Gasteiger partial charge on any atom is 0.0731 e. The fraction of sp³-hybridized carbons (Fsp3) is 0.231. The van der Waals surface area contributed by atoms with Crippen molar-refractivity contribution in [2.24, 2.45) is 5.73 Å². The molecule has 1 heterocycles. The van der Waals surface area contributed by atoms with E-state index in [1.165, 1.54) is 4.88 Å². The van der Waals surface area contributed by atoms with Crippen LogP contribution in [0.4, 0.5) is 0 Å². The third-order valence-electron chi connectivity index (χ3n) is 2.68. The molecule has 2 rings (SSSR count). The molecule has 0 radical (unpaired) electrons. The number of aryl methyl sites for hydroxylation is 1. The van der Waals surface area contributed by atoms with Crippen molar-refractivity contribution in [3.05, 3.63) is 56.7 Å². The Labute approximate surface area is 105 Å². The first-order valence-corrected chi connectivity index (χ1v) is 6.31. The van der Waals surface area contributed by atoms with Crippen LogP contribution >= 0.6 is 22.9 Å². The molecule has 0 aliphatic carbocycles. The van der Waals surface area contributed by atoms with Crippen LogP contribution in [0.1, 0.15) is 22.2 Å². The molecule has 2 N–H and O–H groups in total. The summed E-state index contributed by atoms with van der Waals surface area (Å²) in [6, 6.07) is 11.9. The first kappa shape index (κ1) is 11.6. The largest absolute Gasteiger partial charge is 0.317 e. The van der Waals surface area contributed by atoms with Crippen LogP contribution in [0.2, 0.25) is 5.02 Å². The van der Waals surface area contributed by atoms with Crippen LogP contribution in [0.15, 0.2) is 36.4 Å². The van der Waals surface area contributed by atoms with Gasteiger partial charge in [-0.1, -0.05) is 23.7 Å². The van der Waals surface area contributed by atoms with Gasteiger partial charge in [-0.05, 0) is 43.7 Å². The molecule has 0 saturated heterocycles. The second kappa shape index (κ2) is 4.21. The van der Waals surface area contributed by atoms with Gasteiger partial charge in [0.2, 0.25) is 0 Å². The van der Waals surface area contributed by atoms with Gasteiger partial charge in [-0.2, -0.15) is 0 Å². The van der Waals surface area contributed by atoms with Crippen molar-refractivity contribution in [3.8, 4) is 0 Å². The van der Waals surface area contributed by atoms with Crippen molar-refractivity contribution >= 4 is 22.9 Å². The molecule has 1 atom stereocenters. The lowest BCUT2D eigenvalue weighted by molar-refractivity contribution is 0.617. The highest BCUT2D eigenvalue weighted by molar-refractivity contribution is 7.12. The molecule has 0 fully saturated rings. The molecule has 0 spiro atoms. The van der Waals surface area contributed by atoms with E-state index in [0.717, 1.165) is 15.5 Å². The van der Waals surface area contributed by atoms with Crippen molar-refractivity contribution in [3.63, 3.8) is 0 Å². The van der Waals surface area contributed by atoms with E-state index in [0.29, 0.717) is 0 Å². The number of hydrogen-bond acceptors (Lipinski definition) is 2. The van der Waals surface area contributed by atoms with E-state index in [2.05, 4.69) is 19.1 Å². The van der Waals surface area contributed by atoms with E-state index in [-0.39, 0.29) is 0 Å². The van der Waals surface area contributed by atoms with E-state index in [1.807, 2.05) is 31.2 Å². The van der Waals surface area contributed by atoms with Crippen molar-refractivity contribution in [2.75, 3.05) is 0 Å². The predicted molar refractivity (Wildman–Crippen MR) is 71.1 cm³/mol. The van der Waals surface area contributed by atoms with Gasteiger partial charge in [0, 0.05) is 14.8 Å². The third-order valence-corrected chi connectivity index (χ3v) is 4.15. The first-order chi connectivity index (χ1) is 7.50. The Morgan fingerprint density at radius 3 is 2.56 bits per heavy atom. The van der Waals surface area contributed by atoms with Gasteiger partial charge in [0.05, 0.1) is 5.54 Å². The zero-order chi connectivity index (χ0) is 11.8. The zero-order valence-electron chi connectivity index (χ0n) is 9.33. The summed E-state index contributed by atoms with van der Waals surface area (Å²) in [7, 11) is 0. The lowest BCUT2D eigenvalue weighted by Gasteiger charge is -2.24. The van der Waals surface area contributed by atoms with Gasteiger partial charge in [-0.25, -0.2) is 0 Å². The Morgan fingerprint density at radius 1 is 1.25 bits per heavy atom. The molecular formula is C13H14ClNS. The maximum atomic E-state index is 6.39. The average Bonchev–Trinajstić information content (AvgIpc) is 2.65. The van der Waals surface area contributed by atoms with Gasteiger partial charge in [-0.3, -0.25) is 0 Å². The van der Waals surface area contributed by atoms with Crippen LogP contribution in [0, 0.1) is 6.92 Å². The molecular weight excluding hydrogens is 238 g/mol. The lowest BCUT2D eigenvalue weighted by atomic mass is 9.92. The summed E-state index contributed by atoms with van der Waals surface area (Å²) >= 11 is 7.72. The van der Waals surface area contributed by atoms with Crippen LogP contribution in [0.25, 0.3) is 0 Å².